The fourth-order valence-electron chi connectivity index (χ4n) is 3.05. The number of aryl methyl sites for hydroxylation is 1. The number of nitrogens with one attached hydrogen (secondary N) is 1. The molecule has 4 heteroatoms. The third kappa shape index (κ3) is 3.54. The smallest absolute Gasteiger partial charge is 0.160 e. The Kier molecular flexibility index (Phi) is 5.69. The molecule has 3 nitrogen and oxygen atoms in total. The van der Waals surface area contributed by atoms with Gasteiger partial charge in [-0.15, -0.1) is 12.4 Å². The van der Waals surface area contributed by atoms with E-state index in [1.807, 2.05) is 6.07 Å². The van der Waals surface area contributed by atoms with Gasteiger partial charge in [0.15, 0.2) is 11.5 Å². The van der Waals surface area contributed by atoms with Gasteiger partial charge in [0.1, 0.15) is 0 Å². The molecule has 0 saturated heterocycles. The van der Waals surface area contributed by atoms with E-state index >= 15 is 0 Å². The number of hydrogen-bond donors (Lipinski definition) is 2. The van der Waals surface area contributed by atoms with Gasteiger partial charge in [0, 0.05) is 12.6 Å². The first-order valence-corrected chi connectivity index (χ1v) is 7.45. The number of halogens is 1. The van der Waals surface area contributed by atoms with Crippen molar-refractivity contribution in [3.8, 4) is 11.5 Å². The molecule has 1 atom stereocenters. The zero-order chi connectivity index (χ0) is 14.7. The second-order valence-electron chi connectivity index (χ2n) is 5.53. The summed E-state index contributed by atoms with van der Waals surface area (Å²) in [6, 6.07) is 14.6. The van der Waals surface area contributed by atoms with Gasteiger partial charge in [-0.05, 0) is 48.1 Å². The van der Waals surface area contributed by atoms with Crippen molar-refractivity contribution in [2.24, 2.45) is 0 Å². The quantitative estimate of drug-likeness (QED) is 0.895. The lowest BCUT2D eigenvalue weighted by Crippen LogP contribution is -2.24. The molecule has 0 fully saturated rings. The van der Waals surface area contributed by atoms with Crippen LogP contribution in [-0.4, -0.2) is 12.2 Å². The van der Waals surface area contributed by atoms with Gasteiger partial charge in [-0.2, -0.15) is 0 Å². The van der Waals surface area contributed by atoms with E-state index in [4.69, 9.17) is 4.74 Å². The van der Waals surface area contributed by atoms with E-state index in [0.717, 1.165) is 12.1 Å². The summed E-state index contributed by atoms with van der Waals surface area (Å²) in [4.78, 5) is 0. The fraction of sp³-hybridized carbons (Fsp3) is 0.333. The van der Waals surface area contributed by atoms with Crippen LogP contribution in [0.4, 0.5) is 0 Å². The van der Waals surface area contributed by atoms with Crippen LogP contribution in [0.3, 0.4) is 0 Å². The number of methoxy groups -OCH3 is 1. The largest absolute Gasteiger partial charge is 0.504 e. The Bertz CT molecular complexity index is 630. The Balaban J connectivity index is 0.00000176. The van der Waals surface area contributed by atoms with E-state index in [9.17, 15) is 5.11 Å². The Morgan fingerprint density at radius 1 is 1.23 bits per heavy atom. The molecular weight excluding hydrogens is 298 g/mol. The van der Waals surface area contributed by atoms with Crippen LogP contribution in [-0.2, 0) is 13.0 Å². The lowest BCUT2D eigenvalue weighted by Gasteiger charge is -2.26. The third-order valence-corrected chi connectivity index (χ3v) is 4.17. The average Bonchev–Trinajstić information content (AvgIpc) is 2.53. The van der Waals surface area contributed by atoms with Gasteiger partial charge in [0.05, 0.1) is 7.11 Å². The lowest BCUT2D eigenvalue weighted by atomic mass is 9.87. The zero-order valence-corrected chi connectivity index (χ0v) is 13.5. The molecule has 0 radical (unpaired) electrons. The first-order chi connectivity index (χ1) is 10.3. The Morgan fingerprint density at radius 3 is 2.82 bits per heavy atom. The van der Waals surface area contributed by atoms with Crippen LogP contribution in [0.2, 0.25) is 0 Å². The average molecular weight is 320 g/mol. The maximum absolute atomic E-state index is 9.83. The van der Waals surface area contributed by atoms with E-state index in [2.05, 4.69) is 29.6 Å². The van der Waals surface area contributed by atoms with E-state index < -0.39 is 0 Å². The lowest BCUT2D eigenvalue weighted by molar-refractivity contribution is 0.372. The molecule has 1 unspecified atom stereocenters. The maximum atomic E-state index is 9.83. The molecule has 2 aromatic rings. The summed E-state index contributed by atoms with van der Waals surface area (Å²) in [5.74, 6) is 0.711. The van der Waals surface area contributed by atoms with E-state index in [-0.39, 0.29) is 18.2 Å². The van der Waals surface area contributed by atoms with Crippen LogP contribution < -0.4 is 10.1 Å². The number of hydrogen-bond acceptors (Lipinski definition) is 3. The van der Waals surface area contributed by atoms with Crippen molar-refractivity contribution in [3.63, 3.8) is 0 Å². The number of benzene rings is 2. The van der Waals surface area contributed by atoms with Crippen LogP contribution in [0.1, 0.15) is 35.6 Å². The maximum Gasteiger partial charge on any atom is 0.160 e. The predicted molar refractivity (Wildman–Crippen MR) is 90.9 cm³/mol. The van der Waals surface area contributed by atoms with Crippen molar-refractivity contribution in [2.75, 3.05) is 7.11 Å². The third-order valence-electron chi connectivity index (χ3n) is 4.17. The monoisotopic (exact) mass is 319 g/mol. The normalized spacial score (nSPS) is 16.5. The summed E-state index contributed by atoms with van der Waals surface area (Å²) in [7, 11) is 1.56. The first kappa shape index (κ1) is 16.7. The summed E-state index contributed by atoms with van der Waals surface area (Å²) in [5.41, 5.74) is 3.94. The molecule has 1 aliphatic rings. The number of phenolic OH excluding ortho intramolecular Hbond substituents is 1. The van der Waals surface area contributed by atoms with Gasteiger partial charge in [-0.3, -0.25) is 0 Å². The van der Waals surface area contributed by atoms with Crippen molar-refractivity contribution >= 4 is 12.4 Å². The van der Waals surface area contributed by atoms with Crippen LogP contribution in [0.25, 0.3) is 0 Å². The molecule has 2 aromatic carbocycles. The Labute approximate surface area is 137 Å². The van der Waals surface area contributed by atoms with Gasteiger partial charge >= 0.3 is 0 Å². The van der Waals surface area contributed by atoms with Crippen molar-refractivity contribution in [1.82, 2.24) is 5.32 Å². The minimum atomic E-state index is 0. The molecular formula is C18H22ClNO2. The van der Waals surface area contributed by atoms with E-state index in [1.54, 1.807) is 19.2 Å². The highest BCUT2D eigenvalue weighted by molar-refractivity contribution is 5.85. The number of rotatable bonds is 4. The second kappa shape index (κ2) is 7.52. The Hall–Kier alpha value is -1.71. The SMILES string of the molecule is COc1ccc(CNC2CCCc3ccccc32)cc1O.Cl. The predicted octanol–water partition coefficient (Wildman–Crippen LogP) is 3.99. The molecule has 118 valence electrons. The summed E-state index contributed by atoms with van der Waals surface area (Å²) in [6.45, 7) is 0.747. The van der Waals surface area contributed by atoms with Crippen LogP contribution >= 0.6 is 12.4 Å². The summed E-state index contributed by atoms with van der Waals surface area (Å²) in [6.07, 6.45) is 3.57. The van der Waals surface area contributed by atoms with Crippen molar-refractivity contribution < 1.29 is 9.84 Å². The minimum Gasteiger partial charge on any atom is -0.504 e. The molecule has 0 spiro atoms. The Morgan fingerprint density at radius 2 is 2.05 bits per heavy atom. The number of fused-ring (bicyclic) bond motifs is 1. The molecule has 1 aliphatic carbocycles. The molecule has 3 rings (SSSR count). The molecule has 2 N–H and O–H groups in total. The van der Waals surface area contributed by atoms with Gasteiger partial charge in [-0.25, -0.2) is 0 Å². The number of ether oxygens (including phenoxy) is 1. The minimum absolute atomic E-state index is 0. The van der Waals surface area contributed by atoms with Gasteiger partial charge in [0.25, 0.3) is 0 Å². The molecule has 0 saturated carbocycles. The van der Waals surface area contributed by atoms with Gasteiger partial charge < -0.3 is 15.2 Å². The van der Waals surface area contributed by atoms with Crippen LogP contribution in [0.15, 0.2) is 42.5 Å². The molecule has 0 bridgehead atoms. The highest BCUT2D eigenvalue weighted by Gasteiger charge is 2.19. The highest BCUT2D eigenvalue weighted by atomic mass is 35.5. The molecule has 0 aromatic heterocycles. The molecule has 0 heterocycles. The first-order valence-electron chi connectivity index (χ1n) is 7.45. The van der Waals surface area contributed by atoms with E-state index in [1.165, 1.54) is 30.4 Å². The molecule has 0 aliphatic heterocycles. The summed E-state index contributed by atoms with van der Waals surface area (Å²) < 4.78 is 5.07. The molecule has 0 amide bonds. The van der Waals surface area contributed by atoms with Crippen molar-refractivity contribution in [3.05, 3.63) is 59.2 Å². The van der Waals surface area contributed by atoms with Crippen molar-refractivity contribution in [1.29, 1.82) is 0 Å². The number of aromatic hydroxyl groups is 1. The van der Waals surface area contributed by atoms with Crippen LogP contribution in [0.5, 0.6) is 11.5 Å². The van der Waals surface area contributed by atoms with E-state index in [0.29, 0.717) is 11.8 Å². The number of phenols is 1. The zero-order valence-electron chi connectivity index (χ0n) is 12.7. The second-order valence-corrected chi connectivity index (χ2v) is 5.53. The molecule has 22 heavy (non-hydrogen) atoms. The standard InChI is InChI=1S/C18H21NO2.ClH/c1-21-18-10-9-13(11-17(18)20)12-19-16-8-4-6-14-5-2-3-7-15(14)16;/h2-3,5,7,9-11,16,19-20H,4,6,8,12H2,1H3;1H. The highest BCUT2D eigenvalue weighted by Crippen LogP contribution is 2.30. The van der Waals surface area contributed by atoms with Crippen LogP contribution in [0, 0.1) is 0 Å². The van der Waals surface area contributed by atoms with Gasteiger partial charge in [0.2, 0.25) is 0 Å². The fourth-order valence-corrected chi connectivity index (χ4v) is 3.05. The topological polar surface area (TPSA) is 41.5 Å². The van der Waals surface area contributed by atoms with Gasteiger partial charge in [-0.1, -0.05) is 30.3 Å². The summed E-state index contributed by atoms with van der Waals surface area (Å²) in [5, 5.41) is 13.4. The summed E-state index contributed by atoms with van der Waals surface area (Å²) >= 11 is 0. The van der Waals surface area contributed by atoms with Crippen molar-refractivity contribution in [2.45, 2.75) is 31.8 Å².